The topological polar surface area (TPSA) is 72.2 Å². The highest BCUT2D eigenvalue weighted by molar-refractivity contribution is 7.89. The van der Waals surface area contributed by atoms with E-state index in [1.165, 1.54) is 18.2 Å². The van der Waals surface area contributed by atoms with Gasteiger partial charge in [0, 0.05) is 18.7 Å². The van der Waals surface area contributed by atoms with Gasteiger partial charge < -0.3 is 5.73 Å². The highest BCUT2D eigenvalue weighted by Crippen LogP contribution is 2.51. The molecule has 1 aromatic carbocycles. The van der Waals surface area contributed by atoms with Gasteiger partial charge in [0.2, 0.25) is 10.0 Å². The van der Waals surface area contributed by atoms with Gasteiger partial charge in [0.25, 0.3) is 0 Å². The average molecular weight is 286 g/mol. The van der Waals surface area contributed by atoms with Crippen LogP contribution in [0.4, 0.5) is 4.39 Å². The molecule has 1 unspecified atom stereocenters. The fourth-order valence-corrected chi connectivity index (χ4v) is 3.54. The van der Waals surface area contributed by atoms with Crippen molar-refractivity contribution in [2.24, 2.45) is 17.1 Å². The van der Waals surface area contributed by atoms with Gasteiger partial charge in [-0.15, -0.1) is 0 Å². The molecule has 4 nitrogen and oxygen atoms in total. The molecule has 19 heavy (non-hydrogen) atoms. The molecule has 1 aromatic rings. The van der Waals surface area contributed by atoms with E-state index in [1.54, 1.807) is 0 Å². The highest BCUT2D eigenvalue weighted by Gasteiger charge is 2.45. The fourth-order valence-electron chi connectivity index (χ4n) is 2.20. The molecular formula is C13H19FN2O2S. The van der Waals surface area contributed by atoms with Gasteiger partial charge in [-0.05, 0) is 29.9 Å². The summed E-state index contributed by atoms with van der Waals surface area (Å²) < 4.78 is 40.4. The zero-order chi connectivity index (χ0) is 14.3. The zero-order valence-electron chi connectivity index (χ0n) is 11.1. The summed E-state index contributed by atoms with van der Waals surface area (Å²) in [5.74, 6) is -0.241. The van der Waals surface area contributed by atoms with Gasteiger partial charge in [0.05, 0.1) is 4.90 Å². The lowest BCUT2D eigenvalue weighted by Gasteiger charge is -2.11. The Bertz CT molecular complexity index is 584. The lowest BCUT2D eigenvalue weighted by Crippen LogP contribution is -2.28. The van der Waals surface area contributed by atoms with Crippen molar-refractivity contribution >= 4 is 10.0 Å². The van der Waals surface area contributed by atoms with Crippen LogP contribution >= 0.6 is 0 Å². The third-order valence-electron chi connectivity index (χ3n) is 3.81. The lowest BCUT2D eigenvalue weighted by atomic mass is 10.1. The van der Waals surface area contributed by atoms with Gasteiger partial charge in [0.15, 0.2) is 0 Å². The molecule has 0 heterocycles. The average Bonchev–Trinajstić information content (AvgIpc) is 2.94. The Kier molecular flexibility index (Phi) is 3.68. The van der Waals surface area contributed by atoms with E-state index in [0.29, 0.717) is 12.5 Å². The van der Waals surface area contributed by atoms with E-state index in [0.717, 1.165) is 6.42 Å². The van der Waals surface area contributed by atoms with Crippen molar-refractivity contribution in [3.8, 4) is 0 Å². The van der Waals surface area contributed by atoms with Crippen molar-refractivity contribution in [3.63, 3.8) is 0 Å². The van der Waals surface area contributed by atoms with Gasteiger partial charge in [-0.25, -0.2) is 17.5 Å². The van der Waals surface area contributed by atoms with E-state index in [9.17, 15) is 12.8 Å². The first-order chi connectivity index (χ1) is 8.78. The molecule has 0 radical (unpaired) electrons. The quantitative estimate of drug-likeness (QED) is 0.863. The molecule has 0 spiro atoms. The van der Waals surface area contributed by atoms with Crippen LogP contribution in [-0.4, -0.2) is 15.0 Å². The first-order valence-corrected chi connectivity index (χ1v) is 7.73. The van der Waals surface area contributed by atoms with E-state index in [-0.39, 0.29) is 22.4 Å². The predicted octanol–water partition coefficient (Wildman–Crippen LogP) is 1.61. The van der Waals surface area contributed by atoms with Crippen LogP contribution in [0.25, 0.3) is 0 Å². The SMILES string of the molecule is CC1(C)CC1CNS(=O)(=O)c1cccc(F)c1CN. The molecule has 0 amide bonds. The molecule has 1 atom stereocenters. The fraction of sp³-hybridized carbons (Fsp3) is 0.538. The molecule has 1 saturated carbocycles. The molecule has 1 aliphatic rings. The maximum Gasteiger partial charge on any atom is 0.241 e. The van der Waals surface area contributed by atoms with Crippen molar-refractivity contribution < 1.29 is 12.8 Å². The number of nitrogens with two attached hydrogens (primary N) is 1. The van der Waals surface area contributed by atoms with Crippen LogP contribution in [0, 0.1) is 17.2 Å². The van der Waals surface area contributed by atoms with Gasteiger partial charge >= 0.3 is 0 Å². The summed E-state index contributed by atoms with van der Waals surface area (Å²) in [6, 6.07) is 3.97. The maximum absolute atomic E-state index is 13.5. The summed E-state index contributed by atoms with van der Waals surface area (Å²) >= 11 is 0. The molecule has 0 bridgehead atoms. The van der Waals surface area contributed by atoms with E-state index in [4.69, 9.17) is 5.73 Å². The Labute approximate surface area is 113 Å². The van der Waals surface area contributed by atoms with Crippen molar-refractivity contribution in [1.29, 1.82) is 0 Å². The van der Waals surface area contributed by atoms with E-state index < -0.39 is 15.8 Å². The minimum absolute atomic E-state index is 0.0325. The smallest absolute Gasteiger partial charge is 0.241 e. The lowest BCUT2D eigenvalue weighted by molar-refractivity contribution is 0.535. The second kappa shape index (κ2) is 4.85. The molecule has 6 heteroatoms. The van der Waals surface area contributed by atoms with Crippen LogP contribution in [0.1, 0.15) is 25.8 Å². The van der Waals surface area contributed by atoms with Crippen LogP contribution < -0.4 is 10.5 Å². The maximum atomic E-state index is 13.5. The number of halogens is 1. The van der Waals surface area contributed by atoms with Crippen molar-refractivity contribution in [2.45, 2.75) is 31.7 Å². The largest absolute Gasteiger partial charge is 0.326 e. The number of rotatable bonds is 5. The molecule has 1 aliphatic carbocycles. The molecule has 1 fully saturated rings. The monoisotopic (exact) mass is 286 g/mol. The molecule has 106 valence electrons. The number of hydrogen-bond donors (Lipinski definition) is 2. The Morgan fingerprint density at radius 3 is 2.63 bits per heavy atom. The first kappa shape index (κ1) is 14.4. The number of hydrogen-bond acceptors (Lipinski definition) is 3. The summed E-state index contributed by atoms with van der Waals surface area (Å²) in [5.41, 5.74) is 5.66. The van der Waals surface area contributed by atoms with Crippen molar-refractivity contribution in [2.75, 3.05) is 6.54 Å². The van der Waals surface area contributed by atoms with Gasteiger partial charge in [-0.2, -0.15) is 0 Å². The van der Waals surface area contributed by atoms with Crippen molar-refractivity contribution in [3.05, 3.63) is 29.6 Å². The predicted molar refractivity (Wildman–Crippen MR) is 71.4 cm³/mol. The Morgan fingerprint density at radius 1 is 1.47 bits per heavy atom. The second-order valence-electron chi connectivity index (χ2n) is 5.66. The molecule has 3 N–H and O–H groups in total. The second-order valence-corrected chi connectivity index (χ2v) is 7.40. The molecule has 0 aliphatic heterocycles. The van der Waals surface area contributed by atoms with E-state index in [1.807, 2.05) is 0 Å². The number of benzene rings is 1. The van der Waals surface area contributed by atoms with Crippen LogP contribution in [0.3, 0.4) is 0 Å². The first-order valence-electron chi connectivity index (χ1n) is 6.25. The third-order valence-corrected chi connectivity index (χ3v) is 5.32. The Morgan fingerprint density at radius 2 is 2.11 bits per heavy atom. The summed E-state index contributed by atoms with van der Waals surface area (Å²) in [4.78, 5) is -0.0616. The van der Waals surface area contributed by atoms with Crippen LogP contribution in [0.15, 0.2) is 23.1 Å². The molecule has 2 rings (SSSR count). The van der Waals surface area contributed by atoms with Crippen LogP contribution in [0.5, 0.6) is 0 Å². The molecule has 0 saturated heterocycles. The number of nitrogens with one attached hydrogen (secondary N) is 1. The summed E-state index contributed by atoms with van der Waals surface area (Å²) in [5, 5.41) is 0. The van der Waals surface area contributed by atoms with Crippen LogP contribution in [-0.2, 0) is 16.6 Å². The minimum Gasteiger partial charge on any atom is -0.326 e. The normalized spacial score (nSPS) is 21.4. The summed E-state index contributed by atoms with van der Waals surface area (Å²) in [6.45, 7) is 4.44. The summed E-state index contributed by atoms with van der Waals surface area (Å²) in [6.07, 6.45) is 1.00. The standard InChI is InChI=1S/C13H19FN2O2S/c1-13(2)6-9(13)8-16-19(17,18)12-5-3-4-11(14)10(12)7-15/h3-5,9,16H,6-8,15H2,1-2H3. The molecular weight excluding hydrogens is 267 g/mol. The van der Waals surface area contributed by atoms with Crippen LogP contribution in [0.2, 0.25) is 0 Å². The minimum atomic E-state index is -3.70. The zero-order valence-corrected chi connectivity index (χ0v) is 11.9. The van der Waals surface area contributed by atoms with Crippen molar-refractivity contribution in [1.82, 2.24) is 4.72 Å². The van der Waals surface area contributed by atoms with Gasteiger partial charge in [-0.3, -0.25) is 0 Å². The van der Waals surface area contributed by atoms with Gasteiger partial charge in [-0.1, -0.05) is 19.9 Å². The highest BCUT2D eigenvalue weighted by atomic mass is 32.2. The van der Waals surface area contributed by atoms with E-state index >= 15 is 0 Å². The number of sulfonamides is 1. The summed E-state index contributed by atoms with van der Waals surface area (Å²) in [7, 11) is -3.70. The van der Waals surface area contributed by atoms with E-state index in [2.05, 4.69) is 18.6 Å². The Hall–Kier alpha value is -0.980. The Balaban J connectivity index is 2.18. The molecule has 0 aromatic heterocycles. The van der Waals surface area contributed by atoms with Gasteiger partial charge in [0.1, 0.15) is 5.82 Å². The third kappa shape index (κ3) is 2.96.